The summed E-state index contributed by atoms with van der Waals surface area (Å²) in [7, 11) is 0. The second-order valence-corrected chi connectivity index (χ2v) is 8.32. The van der Waals surface area contributed by atoms with Crippen molar-refractivity contribution in [2.45, 2.75) is 64.7 Å². The summed E-state index contributed by atoms with van der Waals surface area (Å²) >= 11 is 0. The maximum atomic E-state index is 2.56. The number of hydrogen-bond acceptors (Lipinski definition) is 0. The molecule has 2 unspecified atom stereocenters. The van der Waals surface area contributed by atoms with Gasteiger partial charge in [0.25, 0.3) is 0 Å². The van der Waals surface area contributed by atoms with E-state index in [2.05, 4.69) is 75.4 Å². The summed E-state index contributed by atoms with van der Waals surface area (Å²) < 4.78 is 0. The number of allylic oxidation sites excluding steroid dienone is 1. The van der Waals surface area contributed by atoms with Crippen LogP contribution >= 0.6 is 0 Å². The molecule has 2 aliphatic carbocycles. The SMILES string of the molecule is CCC1(CC)Cc2cc3c(cc2C1)C(CC(C)c1ccccc1)C=C3. The molecule has 0 amide bonds. The van der Waals surface area contributed by atoms with E-state index in [0.29, 0.717) is 17.3 Å². The monoisotopic (exact) mass is 330 g/mol. The molecule has 2 aromatic rings. The third kappa shape index (κ3) is 2.97. The maximum Gasteiger partial charge on any atom is 0.00330 e. The Morgan fingerprint density at radius 2 is 1.68 bits per heavy atom. The molecule has 2 atom stereocenters. The Labute approximate surface area is 153 Å². The molecule has 2 aliphatic rings. The third-order valence-corrected chi connectivity index (χ3v) is 6.92. The van der Waals surface area contributed by atoms with E-state index >= 15 is 0 Å². The summed E-state index contributed by atoms with van der Waals surface area (Å²) in [6, 6.07) is 16.0. The highest BCUT2D eigenvalue weighted by Crippen LogP contribution is 2.46. The van der Waals surface area contributed by atoms with Gasteiger partial charge in [-0.3, -0.25) is 0 Å². The molecule has 0 saturated carbocycles. The normalized spacial score (nSPS) is 21.2. The zero-order chi connectivity index (χ0) is 17.4. The summed E-state index contributed by atoms with van der Waals surface area (Å²) in [5.41, 5.74) is 8.28. The van der Waals surface area contributed by atoms with E-state index in [-0.39, 0.29) is 0 Å². The molecule has 0 saturated heterocycles. The van der Waals surface area contributed by atoms with Crippen LogP contribution in [0.2, 0.25) is 0 Å². The van der Waals surface area contributed by atoms with E-state index < -0.39 is 0 Å². The minimum absolute atomic E-state index is 0.522. The molecular formula is C25H30. The van der Waals surface area contributed by atoms with Crippen molar-refractivity contribution in [3.05, 3.63) is 76.4 Å². The summed E-state index contributed by atoms with van der Waals surface area (Å²) in [5, 5.41) is 0. The van der Waals surface area contributed by atoms with E-state index in [0.717, 1.165) is 0 Å². The van der Waals surface area contributed by atoms with Crippen LogP contribution in [-0.2, 0) is 12.8 Å². The van der Waals surface area contributed by atoms with E-state index in [1.165, 1.54) is 43.2 Å². The lowest BCUT2D eigenvalue weighted by atomic mass is 9.80. The Balaban J connectivity index is 1.57. The standard InChI is InChI=1S/C25H30/c1-4-25(5-2)16-22-14-21-12-11-20(24(21)15-23(22)17-25)13-18(3)19-9-7-6-8-10-19/h6-12,14-15,18,20H,4-5,13,16-17H2,1-3H3. The van der Waals surface area contributed by atoms with Crippen LogP contribution in [0.1, 0.15) is 79.7 Å². The highest BCUT2D eigenvalue weighted by atomic mass is 14.4. The molecule has 0 heteroatoms. The number of benzene rings is 2. The fourth-order valence-electron chi connectivity index (χ4n) is 4.97. The van der Waals surface area contributed by atoms with Crippen molar-refractivity contribution >= 4 is 6.08 Å². The van der Waals surface area contributed by atoms with Gasteiger partial charge in [-0.2, -0.15) is 0 Å². The average Bonchev–Trinajstić information content (AvgIpc) is 3.21. The number of fused-ring (bicyclic) bond motifs is 2. The van der Waals surface area contributed by atoms with E-state index in [4.69, 9.17) is 0 Å². The van der Waals surface area contributed by atoms with Crippen molar-refractivity contribution in [3.63, 3.8) is 0 Å². The molecule has 0 N–H and O–H groups in total. The minimum atomic E-state index is 0.522. The largest absolute Gasteiger partial charge is 0.0764 e. The van der Waals surface area contributed by atoms with E-state index in [1.54, 1.807) is 16.7 Å². The van der Waals surface area contributed by atoms with Gasteiger partial charge in [0.1, 0.15) is 0 Å². The van der Waals surface area contributed by atoms with Gasteiger partial charge in [-0.1, -0.05) is 75.4 Å². The summed E-state index contributed by atoms with van der Waals surface area (Å²) in [4.78, 5) is 0. The third-order valence-electron chi connectivity index (χ3n) is 6.92. The highest BCUT2D eigenvalue weighted by molar-refractivity contribution is 5.65. The first kappa shape index (κ1) is 16.6. The summed E-state index contributed by atoms with van der Waals surface area (Å²) in [5.74, 6) is 1.18. The molecular weight excluding hydrogens is 300 g/mol. The van der Waals surface area contributed by atoms with Gasteiger partial charge in [0.2, 0.25) is 0 Å². The lowest BCUT2D eigenvalue weighted by Crippen LogP contribution is -2.18. The predicted molar refractivity (Wildman–Crippen MR) is 108 cm³/mol. The van der Waals surface area contributed by atoms with Gasteiger partial charge < -0.3 is 0 Å². The Kier molecular flexibility index (Phi) is 4.31. The first-order valence-electron chi connectivity index (χ1n) is 10.0. The van der Waals surface area contributed by atoms with Gasteiger partial charge in [0, 0.05) is 5.92 Å². The molecule has 2 aromatic carbocycles. The second kappa shape index (κ2) is 6.48. The van der Waals surface area contributed by atoms with E-state index in [1.807, 2.05) is 0 Å². The maximum absolute atomic E-state index is 2.56. The van der Waals surface area contributed by atoms with Crippen LogP contribution in [0.25, 0.3) is 6.08 Å². The van der Waals surface area contributed by atoms with Gasteiger partial charge in [-0.05, 0) is 71.3 Å². The van der Waals surface area contributed by atoms with Crippen LogP contribution in [0.5, 0.6) is 0 Å². The van der Waals surface area contributed by atoms with Crippen LogP contribution in [-0.4, -0.2) is 0 Å². The fraction of sp³-hybridized carbons (Fsp3) is 0.440. The lowest BCUT2D eigenvalue weighted by molar-refractivity contribution is 0.280. The Morgan fingerprint density at radius 1 is 1.00 bits per heavy atom. The van der Waals surface area contributed by atoms with Crippen LogP contribution < -0.4 is 0 Å². The van der Waals surface area contributed by atoms with Gasteiger partial charge in [-0.25, -0.2) is 0 Å². The van der Waals surface area contributed by atoms with Gasteiger partial charge in [-0.15, -0.1) is 0 Å². The molecule has 0 nitrogen and oxygen atoms in total. The second-order valence-electron chi connectivity index (χ2n) is 8.32. The van der Waals surface area contributed by atoms with Crippen molar-refractivity contribution in [3.8, 4) is 0 Å². The molecule has 0 fully saturated rings. The van der Waals surface area contributed by atoms with Crippen molar-refractivity contribution in [2.75, 3.05) is 0 Å². The molecule has 130 valence electrons. The quantitative estimate of drug-likeness (QED) is 0.559. The Hall–Kier alpha value is -1.82. The first-order valence-corrected chi connectivity index (χ1v) is 10.0. The smallest absolute Gasteiger partial charge is 0.00330 e. The molecule has 0 radical (unpaired) electrons. The molecule has 4 rings (SSSR count). The number of hydrogen-bond donors (Lipinski definition) is 0. The van der Waals surface area contributed by atoms with Crippen molar-refractivity contribution in [1.29, 1.82) is 0 Å². The average molecular weight is 331 g/mol. The topological polar surface area (TPSA) is 0 Å². The summed E-state index contributed by atoms with van der Waals surface area (Å²) in [6.07, 6.45) is 11.2. The van der Waals surface area contributed by atoms with Crippen LogP contribution in [0.4, 0.5) is 0 Å². The zero-order valence-electron chi connectivity index (χ0n) is 15.9. The lowest BCUT2D eigenvalue weighted by Gasteiger charge is -2.25. The Bertz CT molecular complexity index is 777. The van der Waals surface area contributed by atoms with Crippen molar-refractivity contribution in [2.24, 2.45) is 5.41 Å². The van der Waals surface area contributed by atoms with Gasteiger partial charge >= 0.3 is 0 Å². The predicted octanol–water partition coefficient (Wildman–Crippen LogP) is 6.90. The molecule has 0 aromatic heterocycles. The minimum Gasteiger partial charge on any atom is -0.0764 e. The molecule has 0 spiro atoms. The fourth-order valence-corrected chi connectivity index (χ4v) is 4.97. The summed E-state index contributed by atoms with van der Waals surface area (Å²) in [6.45, 7) is 7.11. The molecule has 0 bridgehead atoms. The van der Waals surface area contributed by atoms with Crippen LogP contribution in [0, 0.1) is 5.41 Å². The molecule has 0 heterocycles. The van der Waals surface area contributed by atoms with Crippen LogP contribution in [0.3, 0.4) is 0 Å². The highest BCUT2D eigenvalue weighted by Gasteiger charge is 2.35. The molecule has 0 aliphatic heterocycles. The van der Waals surface area contributed by atoms with Gasteiger partial charge in [0.05, 0.1) is 0 Å². The number of rotatable bonds is 5. The van der Waals surface area contributed by atoms with Crippen molar-refractivity contribution in [1.82, 2.24) is 0 Å². The zero-order valence-corrected chi connectivity index (χ0v) is 15.9. The Morgan fingerprint density at radius 3 is 2.36 bits per heavy atom. The first-order chi connectivity index (χ1) is 12.1. The van der Waals surface area contributed by atoms with Crippen molar-refractivity contribution < 1.29 is 0 Å². The van der Waals surface area contributed by atoms with Crippen LogP contribution in [0.15, 0.2) is 48.5 Å². The van der Waals surface area contributed by atoms with Gasteiger partial charge in [0.15, 0.2) is 0 Å². The van der Waals surface area contributed by atoms with E-state index in [9.17, 15) is 0 Å². The molecule has 25 heavy (non-hydrogen) atoms.